The van der Waals surface area contributed by atoms with Gasteiger partial charge in [-0.05, 0) is 48.9 Å². The monoisotopic (exact) mass is 634 g/mol. The number of benzene rings is 1. The number of carboxylic acids is 1. The number of amides is 1. The molecule has 43 heavy (non-hydrogen) atoms. The molecule has 0 atom stereocenters. The van der Waals surface area contributed by atoms with Crippen LogP contribution in [0.3, 0.4) is 0 Å². The van der Waals surface area contributed by atoms with E-state index in [1.165, 1.54) is 6.07 Å². The van der Waals surface area contributed by atoms with Crippen LogP contribution in [-0.4, -0.2) is 109 Å². The maximum atomic E-state index is 13.6. The number of anilines is 1. The molecule has 3 aliphatic rings. The molecule has 8 nitrogen and oxygen atoms in total. The Morgan fingerprint density at radius 3 is 1.95 bits per heavy atom. The molecule has 0 aliphatic carbocycles. The van der Waals surface area contributed by atoms with Crippen molar-refractivity contribution in [1.29, 1.82) is 0 Å². The van der Waals surface area contributed by atoms with E-state index >= 15 is 0 Å². The van der Waals surface area contributed by atoms with Crippen molar-refractivity contribution < 1.29 is 58.9 Å². The van der Waals surface area contributed by atoms with E-state index in [0.717, 1.165) is 23.5 Å². The summed E-state index contributed by atoms with van der Waals surface area (Å²) in [6.07, 6.45) is -20.2. The van der Waals surface area contributed by atoms with Crippen LogP contribution >= 0.6 is 0 Å². The molecule has 1 aromatic carbocycles. The second kappa shape index (κ2) is 12.2. The zero-order valence-corrected chi connectivity index (χ0v) is 22.9. The molecule has 1 spiro atoms. The van der Waals surface area contributed by atoms with Crippen LogP contribution in [0.5, 0.6) is 0 Å². The summed E-state index contributed by atoms with van der Waals surface area (Å²) >= 11 is 0. The fourth-order valence-electron chi connectivity index (χ4n) is 5.98. The molecule has 0 unspecified atom stereocenters. The summed E-state index contributed by atoms with van der Waals surface area (Å²) in [6, 6.07) is 3.37. The number of ether oxygens (including phenoxy) is 1. The minimum atomic E-state index is -5.83. The molecular weight excluding hydrogens is 603 g/mol. The van der Waals surface area contributed by atoms with Crippen molar-refractivity contribution in [1.82, 2.24) is 14.7 Å². The van der Waals surface area contributed by atoms with Crippen molar-refractivity contribution in [3.63, 3.8) is 0 Å². The Hall–Kier alpha value is -2.95. The second-order valence-corrected chi connectivity index (χ2v) is 11.3. The number of likely N-dealkylation sites (tertiary alicyclic amines) is 1. The summed E-state index contributed by atoms with van der Waals surface area (Å²) in [7, 11) is 0. The normalized spacial score (nSPS) is 20.7. The molecule has 0 saturated carbocycles. The second-order valence-electron chi connectivity index (χ2n) is 11.3. The van der Waals surface area contributed by atoms with Crippen LogP contribution in [0.15, 0.2) is 18.2 Å². The van der Waals surface area contributed by atoms with Gasteiger partial charge in [-0.15, -0.1) is 0 Å². The van der Waals surface area contributed by atoms with Gasteiger partial charge < -0.3 is 19.6 Å². The van der Waals surface area contributed by atoms with Crippen molar-refractivity contribution in [2.24, 2.45) is 5.41 Å². The van der Waals surface area contributed by atoms with Crippen molar-refractivity contribution >= 4 is 17.7 Å². The maximum Gasteiger partial charge on any atom is 0.434 e. The van der Waals surface area contributed by atoms with Crippen LogP contribution in [0.25, 0.3) is 0 Å². The minimum Gasteiger partial charge on any atom is -0.480 e. The van der Waals surface area contributed by atoms with Gasteiger partial charge in [-0.3, -0.25) is 14.6 Å². The van der Waals surface area contributed by atoms with Crippen molar-refractivity contribution in [3.8, 4) is 0 Å². The Kier molecular flexibility index (Phi) is 9.36. The van der Waals surface area contributed by atoms with E-state index in [2.05, 4.69) is 4.74 Å². The Labute approximate surface area is 240 Å². The average Bonchev–Trinajstić information content (AvgIpc) is 3.27. The number of nitrogens with zero attached hydrogens (tertiary/aromatic N) is 4. The topological polar surface area (TPSA) is 76.6 Å². The highest BCUT2D eigenvalue weighted by atomic mass is 19.4. The molecule has 3 saturated heterocycles. The van der Waals surface area contributed by atoms with Gasteiger partial charge in [0.05, 0.1) is 12.1 Å². The van der Waals surface area contributed by atoms with Gasteiger partial charge in [0.25, 0.3) is 6.10 Å². The quantitative estimate of drug-likeness (QED) is 0.450. The summed E-state index contributed by atoms with van der Waals surface area (Å²) < 4.78 is 121. The third-order valence-electron chi connectivity index (χ3n) is 8.29. The Bertz CT molecular complexity index is 1140. The van der Waals surface area contributed by atoms with Crippen molar-refractivity contribution in [2.75, 3.05) is 63.8 Å². The lowest BCUT2D eigenvalue weighted by molar-refractivity contribution is -0.308. The molecule has 1 N–H and O–H groups in total. The zero-order valence-electron chi connectivity index (χ0n) is 22.9. The van der Waals surface area contributed by atoms with Gasteiger partial charge in [-0.1, -0.05) is 6.07 Å². The first kappa shape index (κ1) is 33.0. The lowest BCUT2D eigenvalue weighted by Gasteiger charge is -2.42. The minimum absolute atomic E-state index is 0.0424. The first-order valence-electron chi connectivity index (χ1n) is 13.6. The summed E-state index contributed by atoms with van der Waals surface area (Å²) in [6.45, 7) is 1.81. The molecule has 3 fully saturated rings. The van der Waals surface area contributed by atoms with Crippen LogP contribution in [0.4, 0.5) is 50.0 Å². The Morgan fingerprint density at radius 1 is 0.837 bits per heavy atom. The number of carbonyl (C=O) groups is 2. The number of halogens is 9. The van der Waals surface area contributed by atoms with E-state index in [1.54, 1.807) is 4.90 Å². The molecule has 0 bridgehead atoms. The number of alkyl halides is 9. The van der Waals surface area contributed by atoms with Gasteiger partial charge in [0.15, 0.2) is 0 Å². The molecule has 3 heterocycles. The highest BCUT2D eigenvalue weighted by Gasteiger charge is 2.60. The molecule has 0 aromatic heterocycles. The van der Waals surface area contributed by atoms with Crippen molar-refractivity contribution in [3.05, 3.63) is 29.3 Å². The van der Waals surface area contributed by atoms with Gasteiger partial charge in [-0.2, -0.15) is 39.5 Å². The van der Waals surface area contributed by atoms with Crippen LogP contribution < -0.4 is 4.90 Å². The zero-order chi connectivity index (χ0) is 31.8. The fraction of sp³-hybridized carbons (Fsp3) is 0.692. The first-order chi connectivity index (χ1) is 19.9. The van der Waals surface area contributed by atoms with E-state index in [-0.39, 0.29) is 44.7 Å². The maximum absolute atomic E-state index is 13.6. The summed E-state index contributed by atoms with van der Waals surface area (Å²) in [5, 5.41) is 9.09. The third-order valence-corrected chi connectivity index (χ3v) is 8.29. The van der Waals surface area contributed by atoms with Gasteiger partial charge in [-0.25, -0.2) is 4.79 Å². The predicted molar refractivity (Wildman–Crippen MR) is 133 cm³/mol. The van der Waals surface area contributed by atoms with E-state index < -0.39 is 42.3 Å². The van der Waals surface area contributed by atoms with Gasteiger partial charge >= 0.3 is 30.6 Å². The molecule has 1 amide bonds. The SMILES string of the molecule is O=C(O)CN1CCC2(CCN(c3cc(C(F)(F)F)ccc3CN3CCN(C(=O)OC(C(F)(F)F)C(F)(F)F)CC3)CC2)C1. The standard InChI is InChI=1S/C26H31F9N4O4/c27-24(28,29)18-2-1-17(19(13-18)38-7-4-23(5-8-38)3-6-37(16-23)15-20(40)41)14-36-9-11-39(12-10-36)22(42)43-21(25(30,31)32)26(33,34)35/h1-2,13,21H,3-12,14-16H2,(H,40,41). The molecule has 242 valence electrons. The molecule has 17 heteroatoms. The lowest BCUT2D eigenvalue weighted by atomic mass is 9.77. The van der Waals surface area contributed by atoms with E-state index in [9.17, 15) is 49.1 Å². The number of rotatable bonds is 6. The Morgan fingerprint density at radius 2 is 1.42 bits per heavy atom. The summed E-state index contributed by atoms with van der Waals surface area (Å²) in [5.41, 5.74) is -0.0367. The van der Waals surface area contributed by atoms with Crippen LogP contribution in [0, 0.1) is 5.41 Å². The number of piperazine rings is 1. The number of carbonyl (C=O) groups excluding carboxylic acids is 1. The molecule has 4 rings (SSSR count). The first-order valence-corrected chi connectivity index (χ1v) is 13.6. The highest BCUT2D eigenvalue weighted by molar-refractivity contribution is 5.69. The molecule has 3 aliphatic heterocycles. The Balaban J connectivity index is 1.41. The lowest BCUT2D eigenvalue weighted by Crippen LogP contribution is -2.52. The average molecular weight is 635 g/mol. The largest absolute Gasteiger partial charge is 0.480 e. The van der Waals surface area contributed by atoms with Gasteiger partial charge in [0.1, 0.15) is 0 Å². The van der Waals surface area contributed by atoms with Crippen LogP contribution in [0.2, 0.25) is 0 Å². The summed E-state index contributed by atoms with van der Waals surface area (Å²) in [4.78, 5) is 29.4. The fourth-order valence-corrected chi connectivity index (χ4v) is 5.98. The van der Waals surface area contributed by atoms with Crippen LogP contribution in [-0.2, 0) is 22.3 Å². The van der Waals surface area contributed by atoms with Gasteiger partial charge in [0, 0.05) is 58.0 Å². The van der Waals surface area contributed by atoms with Crippen LogP contribution in [0.1, 0.15) is 30.4 Å². The van der Waals surface area contributed by atoms with Crippen molar-refractivity contribution in [2.45, 2.75) is 50.4 Å². The number of piperidine rings is 1. The summed E-state index contributed by atoms with van der Waals surface area (Å²) in [5.74, 6) is -0.923. The predicted octanol–water partition coefficient (Wildman–Crippen LogP) is 4.83. The van der Waals surface area contributed by atoms with E-state index in [0.29, 0.717) is 50.3 Å². The smallest absolute Gasteiger partial charge is 0.434 e. The van der Waals surface area contributed by atoms with E-state index in [1.807, 2.05) is 9.80 Å². The molecule has 1 aromatic rings. The number of hydrogen-bond acceptors (Lipinski definition) is 6. The number of hydrogen-bond donors (Lipinski definition) is 1. The third kappa shape index (κ3) is 8.16. The van der Waals surface area contributed by atoms with Gasteiger partial charge in [0.2, 0.25) is 0 Å². The highest BCUT2D eigenvalue weighted by Crippen LogP contribution is 2.43. The van der Waals surface area contributed by atoms with E-state index in [4.69, 9.17) is 5.11 Å². The number of aliphatic carboxylic acids is 1. The number of carboxylic acid groups (broad SMARTS) is 1. The molecular formula is C26H31F9N4O4. The molecule has 0 radical (unpaired) electrons.